The van der Waals surface area contributed by atoms with Crippen molar-refractivity contribution in [2.24, 2.45) is 0 Å². The first-order chi connectivity index (χ1) is 6.68. The van der Waals surface area contributed by atoms with Crippen molar-refractivity contribution in [1.82, 2.24) is 0 Å². The lowest BCUT2D eigenvalue weighted by Crippen LogP contribution is -2.26. The first-order valence-corrected chi connectivity index (χ1v) is 5.59. The van der Waals surface area contributed by atoms with E-state index in [1.807, 2.05) is 12.1 Å². The van der Waals surface area contributed by atoms with Gasteiger partial charge in [0.15, 0.2) is 0 Å². The van der Waals surface area contributed by atoms with Crippen LogP contribution in [0.1, 0.15) is 19.8 Å². The fraction of sp³-hybridized carbons (Fsp3) is 0.333. The fourth-order valence-corrected chi connectivity index (χ4v) is 2.36. The molecule has 1 aliphatic rings. The predicted molar refractivity (Wildman–Crippen MR) is 62.7 cm³/mol. The van der Waals surface area contributed by atoms with Gasteiger partial charge in [-0.2, -0.15) is 0 Å². The van der Waals surface area contributed by atoms with Crippen LogP contribution in [0.5, 0.6) is 5.75 Å². The molecule has 1 aromatic carbocycles. The van der Waals surface area contributed by atoms with Gasteiger partial charge in [-0.05, 0) is 37.1 Å². The summed E-state index contributed by atoms with van der Waals surface area (Å²) in [5.41, 5.74) is 1.38. The fourth-order valence-electron chi connectivity index (χ4n) is 1.88. The summed E-state index contributed by atoms with van der Waals surface area (Å²) in [6.45, 7) is 7.02. The predicted octanol–water partition coefficient (Wildman–Crippen LogP) is 2.20. The Labute approximate surface area is 92.2 Å². The molecule has 0 amide bonds. The van der Waals surface area contributed by atoms with Crippen molar-refractivity contribution in [2.75, 3.05) is 6.61 Å². The van der Waals surface area contributed by atoms with Crippen LogP contribution in [0.2, 0.25) is 0 Å². The maximum Gasteiger partial charge on any atom is 0.128 e. The molecule has 0 unspecified atom stereocenters. The van der Waals surface area contributed by atoms with Crippen LogP contribution in [-0.4, -0.2) is 6.61 Å². The topological polar surface area (TPSA) is 9.23 Å². The Kier molecular flexibility index (Phi) is 2.64. The number of ether oxygens (including phenoxy) is 1. The molecule has 0 radical (unpaired) electrons. The minimum absolute atomic E-state index is 0.806. The monoisotopic (exact) mass is 252 g/mol. The lowest BCUT2D eigenvalue weighted by Gasteiger charge is -2.04. The number of fused-ring (bicyclic) bond motifs is 1. The Hall–Kier alpha value is -0.760. The highest BCUT2D eigenvalue weighted by molar-refractivity contribution is 9.10. The summed E-state index contributed by atoms with van der Waals surface area (Å²) < 4.78 is 6.73. The van der Waals surface area contributed by atoms with Crippen molar-refractivity contribution in [3.05, 3.63) is 27.0 Å². The van der Waals surface area contributed by atoms with Crippen LogP contribution in [0.15, 0.2) is 16.6 Å². The molecule has 0 atom stereocenters. The van der Waals surface area contributed by atoms with E-state index in [4.69, 9.17) is 4.74 Å². The molecule has 2 rings (SSSR count). The van der Waals surface area contributed by atoms with E-state index in [1.54, 1.807) is 0 Å². The summed E-state index contributed by atoms with van der Waals surface area (Å²) in [5.74, 6) is 0.972. The van der Waals surface area contributed by atoms with E-state index in [1.165, 1.54) is 10.8 Å². The van der Waals surface area contributed by atoms with Crippen LogP contribution in [0.25, 0.3) is 12.2 Å². The summed E-state index contributed by atoms with van der Waals surface area (Å²) in [5, 5.41) is 2.25. The maximum absolute atomic E-state index is 5.69. The van der Waals surface area contributed by atoms with Crippen molar-refractivity contribution in [2.45, 2.75) is 19.8 Å². The second-order valence-electron chi connectivity index (χ2n) is 3.67. The maximum atomic E-state index is 5.69. The van der Waals surface area contributed by atoms with Crippen molar-refractivity contribution in [3.63, 3.8) is 0 Å². The van der Waals surface area contributed by atoms with E-state index in [0.717, 1.165) is 34.9 Å². The molecule has 1 aromatic rings. The van der Waals surface area contributed by atoms with E-state index in [0.29, 0.717) is 0 Å². The zero-order valence-corrected chi connectivity index (χ0v) is 9.86. The Bertz CT molecular complexity index is 462. The third kappa shape index (κ3) is 1.71. The quantitative estimate of drug-likeness (QED) is 0.688. The summed E-state index contributed by atoms with van der Waals surface area (Å²) >= 11 is 3.46. The second kappa shape index (κ2) is 3.77. The molecule has 1 nitrogen and oxygen atoms in total. The minimum Gasteiger partial charge on any atom is -0.493 e. The molecule has 0 bridgehead atoms. The van der Waals surface area contributed by atoms with Gasteiger partial charge in [0.1, 0.15) is 5.75 Å². The number of hydrogen-bond acceptors (Lipinski definition) is 1. The van der Waals surface area contributed by atoms with E-state index in [2.05, 4.69) is 29.4 Å². The van der Waals surface area contributed by atoms with E-state index in [9.17, 15) is 0 Å². The van der Waals surface area contributed by atoms with Crippen LogP contribution in [0.4, 0.5) is 0 Å². The molecule has 0 spiro atoms. The first-order valence-electron chi connectivity index (χ1n) is 4.79. The Balaban J connectivity index is 2.80. The average molecular weight is 253 g/mol. The molecular formula is C12H13BrO. The molecule has 74 valence electrons. The van der Waals surface area contributed by atoms with Gasteiger partial charge in [-0.1, -0.05) is 28.1 Å². The molecule has 0 saturated heterocycles. The third-order valence-corrected chi connectivity index (χ3v) is 2.99. The number of halogens is 1. The standard InChI is InChI=1S/C12H13BrO/c1-8-4-3-5-14-11-7-10(13)6-9(2)12(8)11/h6-7H,2-5H2,1H3. The van der Waals surface area contributed by atoms with Crippen molar-refractivity contribution < 1.29 is 4.74 Å². The summed E-state index contributed by atoms with van der Waals surface area (Å²) in [7, 11) is 0. The van der Waals surface area contributed by atoms with Gasteiger partial charge in [0.05, 0.1) is 6.61 Å². The van der Waals surface area contributed by atoms with Gasteiger partial charge < -0.3 is 4.74 Å². The van der Waals surface area contributed by atoms with Crippen molar-refractivity contribution >= 4 is 28.1 Å². The van der Waals surface area contributed by atoms with Gasteiger partial charge in [0.2, 0.25) is 0 Å². The zero-order valence-electron chi connectivity index (χ0n) is 8.27. The summed E-state index contributed by atoms with van der Waals surface area (Å²) in [6, 6.07) is 4.07. The van der Waals surface area contributed by atoms with E-state index >= 15 is 0 Å². The van der Waals surface area contributed by atoms with Crippen molar-refractivity contribution in [3.8, 4) is 5.75 Å². The first kappa shape index (κ1) is 9.78. The van der Waals surface area contributed by atoms with Crippen LogP contribution >= 0.6 is 15.9 Å². The highest BCUT2D eigenvalue weighted by atomic mass is 79.9. The summed E-state index contributed by atoms with van der Waals surface area (Å²) in [4.78, 5) is 0. The molecule has 14 heavy (non-hydrogen) atoms. The number of benzene rings is 1. The van der Waals surface area contributed by atoms with Crippen molar-refractivity contribution in [1.29, 1.82) is 0 Å². The highest BCUT2D eigenvalue weighted by Gasteiger charge is 2.07. The molecule has 0 fully saturated rings. The summed E-state index contributed by atoms with van der Waals surface area (Å²) in [6.07, 6.45) is 2.20. The van der Waals surface area contributed by atoms with Crippen LogP contribution in [0, 0.1) is 0 Å². The molecule has 0 aromatic heterocycles. The van der Waals surface area contributed by atoms with Gasteiger partial charge in [0, 0.05) is 9.69 Å². The van der Waals surface area contributed by atoms with Gasteiger partial charge in [-0.25, -0.2) is 0 Å². The van der Waals surface area contributed by atoms with Gasteiger partial charge in [0.25, 0.3) is 0 Å². The Morgan fingerprint density at radius 2 is 2.21 bits per heavy atom. The Morgan fingerprint density at radius 3 is 3.00 bits per heavy atom. The lowest BCUT2D eigenvalue weighted by molar-refractivity contribution is 0.314. The van der Waals surface area contributed by atoms with Gasteiger partial charge in [-0.3, -0.25) is 0 Å². The smallest absolute Gasteiger partial charge is 0.128 e. The lowest BCUT2D eigenvalue weighted by atomic mass is 10.1. The van der Waals surface area contributed by atoms with E-state index in [-0.39, 0.29) is 0 Å². The molecule has 0 aliphatic carbocycles. The largest absolute Gasteiger partial charge is 0.493 e. The molecule has 0 N–H and O–H groups in total. The highest BCUT2D eigenvalue weighted by Crippen LogP contribution is 2.16. The molecular weight excluding hydrogens is 240 g/mol. The normalized spacial score (nSPS) is 15.7. The molecule has 1 aliphatic heterocycles. The van der Waals surface area contributed by atoms with Gasteiger partial charge in [-0.15, -0.1) is 0 Å². The average Bonchev–Trinajstić information content (AvgIpc) is 2.27. The van der Waals surface area contributed by atoms with Gasteiger partial charge >= 0.3 is 0 Å². The SMILES string of the molecule is C=c1cc(Br)cc2c1=C(C)CCCO2. The molecule has 0 saturated carbocycles. The second-order valence-corrected chi connectivity index (χ2v) is 4.59. The van der Waals surface area contributed by atoms with Crippen LogP contribution in [0.3, 0.4) is 0 Å². The zero-order chi connectivity index (χ0) is 10.1. The molecule has 2 heteroatoms. The number of hydrogen-bond donors (Lipinski definition) is 0. The van der Waals surface area contributed by atoms with Crippen LogP contribution < -0.4 is 15.2 Å². The molecule has 1 heterocycles. The Morgan fingerprint density at radius 1 is 1.43 bits per heavy atom. The third-order valence-electron chi connectivity index (χ3n) is 2.53. The number of rotatable bonds is 0. The minimum atomic E-state index is 0.806. The van der Waals surface area contributed by atoms with E-state index < -0.39 is 0 Å². The van der Waals surface area contributed by atoms with Crippen LogP contribution in [-0.2, 0) is 0 Å².